The summed E-state index contributed by atoms with van der Waals surface area (Å²) in [6.07, 6.45) is 0.455. The maximum atomic E-state index is 12.3. The lowest BCUT2D eigenvalue weighted by Gasteiger charge is -2.03. The number of aromatic amines is 1. The summed E-state index contributed by atoms with van der Waals surface area (Å²) in [5, 5.41) is 3.69. The van der Waals surface area contributed by atoms with Gasteiger partial charge in [0.05, 0.1) is 0 Å². The predicted octanol–water partition coefficient (Wildman–Crippen LogP) is 3.60. The number of amides is 1. The molecule has 2 aromatic carbocycles. The summed E-state index contributed by atoms with van der Waals surface area (Å²) in [7, 11) is 0. The van der Waals surface area contributed by atoms with Crippen molar-refractivity contribution in [3.63, 3.8) is 0 Å². The van der Waals surface area contributed by atoms with Crippen molar-refractivity contribution in [3.05, 3.63) is 59.8 Å². The fourth-order valence-electron chi connectivity index (χ4n) is 2.39. The van der Waals surface area contributed by atoms with E-state index in [4.69, 9.17) is 5.73 Å². The van der Waals surface area contributed by atoms with E-state index in [9.17, 15) is 9.59 Å². The highest BCUT2D eigenvalue weighted by Crippen LogP contribution is 2.19. The molecule has 0 aliphatic heterocycles. The summed E-state index contributed by atoms with van der Waals surface area (Å²) in [5.41, 5.74) is 8.79. The van der Waals surface area contributed by atoms with E-state index in [1.165, 1.54) is 0 Å². The molecular weight excluding hydrogens is 290 g/mol. The largest absolute Gasteiger partial charge is 0.399 e. The minimum atomic E-state index is -0.241. The standard InChI is InChI=1S/C18H17N3O2/c1-2-17(22)12-4-3-11-9-16(21-15(11)10-12)18(23)20-14-7-5-13(19)6-8-14/h3-10,21H,2,19H2,1H3,(H,20,23). The Morgan fingerprint density at radius 2 is 1.83 bits per heavy atom. The number of hydrogen-bond acceptors (Lipinski definition) is 3. The van der Waals surface area contributed by atoms with Crippen molar-refractivity contribution >= 4 is 34.0 Å². The summed E-state index contributed by atoms with van der Waals surface area (Å²) >= 11 is 0. The Hall–Kier alpha value is -3.08. The van der Waals surface area contributed by atoms with E-state index in [0.717, 1.165) is 10.9 Å². The highest BCUT2D eigenvalue weighted by molar-refractivity contribution is 6.07. The first-order valence-corrected chi connectivity index (χ1v) is 7.39. The molecular formula is C18H17N3O2. The molecule has 5 heteroatoms. The van der Waals surface area contributed by atoms with E-state index in [2.05, 4.69) is 10.3 Å². The van der Waals surface area contributed by atoms with Gasteiger partial charge in [0.2, 0.25) is 0 Å². The third-order valence-corrected chi connectivity index (χ3v) is 3.68. The number of carbonyl (C=O) groups excluding carboxylic acids is 2. The smallest absolute Gasteiger partial charge is 0.272 e. The number of nitrogens with two attached hydrogens (primary N) is 1. The molecule has 4 N–H and O–H groups in total. The normalized spacial score (nSPS) is 10.7. The third-order valence-electron chi connectivity index (χ3n) is 3.68. The number of benzene rings is 2. The lowest BCUT2D eigenvalue weighted by molar-refractivity contribution is 0.0986. The molecule has 0 unspecified atom stereocenters. The van der Waals surface area contributed by atoms with Gasteiger partial charge in [-0.05, 0) is 36.4 Å². The minimum Gasteiger partial charge on any atom is -0.399 e. The number of H-pyrrole nitrogens is 1. The SMILES string of the molecule is CCC(=O)c1ccc2cc(C(=O)Nc3ccc(N)cc3)[nH]c2c1. The van der Waals surface area contributed by atoms with Gasteiger partial charge >= 0.3 is 0 Å². The van der Waals surface area contributed by atoms with Crippen LogP contribution in [-0.2, 0) is 0 Å². The van der Waals surface area contributed by atoms with Crippen LogP contribution >= 0.6 is 0 Å². The maximum absolute atomic E-state index is 12.3. The third kappa shape index (κ3) is 3.08. The molecule has 0 saturated heterocycles. The number of aromatic nitrogens is 1. The topological polar surface area (TPSA) is 88.0 Å². The Morgan fingerprint density at radius 3 is 2.52 bits per heavy atom. The number of carbonyl (C=O) groups is 2. The number of hydrogen-bond donors (Lipinski definition) is 3. The van der Waals surface area contributed by atoms with Gasteiger partial charge in [-0.1, -0.05) is 19.1 Å². The number of anilines is 2. The summed E-state index contributed by atoms with van der Waals surface area (Å²) in [6, 6.07) is 14.1. The Morgan fingerprint density at radius 1 is 1.09 bits per heavy atom. The van der Waals surface area contributed by atoms with Gasteiger partial charge in [-0.15, -0.1) is 0 Å². The Bertz CT molecular complexity index is 879. The molecule has 3 aromatic rings. The molecule has 23 heavy (non-hydrogen) atoms. The number of fused-ring (bicyclic) bond motifs is 1. The van der Waals surface area contributed by atoms with Gasteiger partial charge in [0.15, 0.2) is 5.78 Å². The molecule has 116 valence electrons. The lowest BCUT2D eigenvalue weighted by Crippen LogP contribution is -2.12. The number of rotatable bonds is 4. The van der Waals surface area contributed by atoms with E-state index >= 15 is 0 Å². The minimum absolute atomic E-state index is 0.0781. The zero-order chi connectivity index (χ0) is 16.4. The van der Waals surface area contributed by atoms with Gasteiger partial charge in [-0.2, -0.15) is 0 Å². The maximum Gasteiger partial charge on any atom is 0.272 e. The molecule has 1 amide bonds. The predicted molar refractivity (Wildman–Crippen MR) is 91.7 cm³/mol. The van der Waals surface area contributed by atoms with Crippen LogP contribution in [0, 0.1) is 0 Å². The zero-order valence-electron chi connectivity index (χ0n) is 12.7. The van der Waals surface area contributed by atoms with Crippen LogP contribution in [0.5, 0.6) is 0 Å². The molecule has 0 spiro atoms. The molecule has 5 nitrogen and oxygen atoms in total. The van der Waals surface area contributed by atoms with Crippen molar-refractivity contribution in [3.8, 4) is 0 Å². The van der Waals surface area contributed by atoms with Crippen LogP contribution in [-0.4, -0.2) is 16.7 Å². The first-order chi connectivity index (χ1) is 11.1. The Balaban J connectivity index is 1.86. The quantitative estimate of drug-likeness (QED) is 0.508. The van der Waals surface area contributed by atoms with Crippen LogP contribution in [0.15, 0.2) is 48.5 Å². The van der Waals surface area contributed by atoms with Gasteiger partial charge in [0.25, 0.3) is 5.91 Å². The van der Waals surface area contributed by atoms with Crippen molar-refractivity contribution in [2.75, 3.05) is 11.1 Å². The van der Waals surface area contributed by atoms with Crippen molar-refractivity contribution in [1.82, 2.24) is 4.98 Å². The van der Waals surface area contributed by atoms with Crippen molar-refractivity contribution in [2.45, 2.75) is 13.3 Å². The van der Waals surface area contributed by atoms with Crippen LogP contribution in [0.2, 0.25) is 0 Å². The molecule has 0 radical (unpaired) electrons. The average Bonchev–Trinajstić information content (AvgIpc) is 2.99. The molecule has 0 saturated carbocycles. The van der Waals surface area contributed by atoms with E-state index in [-0.39, 0.29) is 11.7 Å². The average molecular weight is 307 g/mol. The molecule has 0 aliphatic rings. The van der Waals surface area contributed by atoms with E-state index < -0.39 is 0 Å². The molecule has 0 fully saturated rings. The van der Waals surface area contributed by atoms with Gasteiger partial charge in [-0.25, -0.2) is 0 Å². The fourth-order valence-corrected chi connectivity index (χ4v) is 2.39. The molecule has 1 aromatic heterocycles. The molecule has 1 heterocycles. The molecule has 0 atom stereocenters. The van der Waals surface area contributed by atoms with Crippen LogP contribution in [0.4, 0.5) is 11.4 Å². The second kappa shape index (κ2) is 5.96. The highest BCUT2D eigenvalue weighted by Gasteiger charge is 2.11. The summed E-state index contributed by atoms with van der Waals surface area (Å²) < 4.78 is 0. The van der Waals surface area contributed by atoms with E-state index in [1.54, 1.807) is 42.5 Å². The summed E-state index contributed by atoms with van der Waals surface area (Å²) in [4.78, 5) is 27.1. The first-order valence-electron chi connectivity index (χ1n) is 7.39. The fraction of sp³-hybridized carbons (Fsp3) is 0.111. The second-order valence-corrected chi connectivity index (χ2v) is 5.34. The first kappa shape index (κ1) is 14.8. The van der Waals surface area contributed by atoms with Crippen molar-refractivity contribution in [2.24, 2.45) is 0 Å². The van der Waals surface area contributed by atoms with Gasteiger partial charge in [0.1, 0.15) is 5.69 Å². The van der Waals surface area contributed by atoms with Crippen molar-refractivity contribution < 1.29 is 9.59 Å². The Labute approximate surface area is 133 Å². The summed E-state index contributed by atoms with van der Waals surface area (Å²) in [5.74, 6) is -0.163. The number of ketones is 1. The lowest BCUT2D eigenvalue weighted by atomic mass is 10.1. The second-order valence-electron chi connectivity index (χ2n) is 5.34. The molecule has 3 rings (SSSR count). The van der Waals surface area contributed by atoms with Crippen LogP contribution in [0.1, 0.15) is 34.2 Å². The number of nitrogen functional groups attached to an aromatic ring is 1. The van der Waals surface area contributed by atoms with Gasteiger partial charge < -0.3 is 16.0 Å². The molecule has 0 aliphatic carbocycles. The zero-order valence-corrected chi connectivity index (χ0v) is 12.7. The van der Waals surface area contributed by atoms with Crippen molar-refractivity contribution in [1.29, 1.82) is 0 Å². The number of Topliss-reactive ketones (excluding diaryl/α,β-unsaturated/α-hetero) is 1. The summed E-state index contributed by atoms with van der Waals surface area (Å²) in [6.45, 7) is 1.83. The Kier molecular flexibility index (Phi) is 3.85. The van der Waals surface area contributed by atoms with E-state index in [0.29, 0.717) is 29.1 Å². The van der Waals surface area contributed by atoms with Gasteiger partial charge in [0, 0.05) is 34.3 Å². The van der Waals surface area contributed by atoms with Crippen LogP contribution in [0.25, 0.3) is 10.9 Å². The van der Waals surface area contributed by atoms with Crippen LogP contribution < -0.4 is 11.1 Å². The number of nitrogens with one attached hydrogen (secondary N) is 2. The monoisotopic (exact) mass is 307 g/mol. The van der Waals surface area contributed by atoms with Gasteiger partial charge in [-0.3, -0.25) is 9.59 Å². The molecule has 0 bridgehead atoms. The van der Waals surface area contributed by atoms with E-state index in [1.807, 2.05) is 13.0 Å². The highest BCUT2D eigenvalue weighted by atomic mass is 16.2. The van der Waals surface area contributed by atoms with Crippen LogP contribution in [0.3, 0.4) is 0 Å².